The molecule has 5 nitrogen and oxygen atoms in total. The lowest BCUT2D eigenvalue weighted by atomic mass is 9.86. The predicted octanol–water partition coefficient (Wildman–Crippen LogP) is 3.02. The zero-order chi connectivity index (χ0) is 18.8. The van der Waals surface area contributed by atoms with E-state index < -0.39 is 0 Å². The molecule has 27 heavy (non-hydrogen) atoms. The van der Waals surface area contributed by atoms with E-state index in [0.717, 1.165) is 35.6 Å². The Morgan fingerprint density at radius 3 is 2.70 bits per heavy atom. The first-order valence-corrected chi connectivity index (χ1v) is 10.4. The van der Waals surface area contributed by atoms with Gasteiger partial charge < -0.3 is 15.5 Å². The lowest BCUT2D eigenvalue weighted by molar-refractivity contribution is -0.129. The first-order chi connectivity index (χ1) is 13.1. The summed E-state index contributed by atoms with van der Waals surface area (Å²) in [5.41, 5.74) is 2.02. The third-order valence-corrected chi connectivity index (χ3v) is 6.43. The maximum atomic E-state index is 13.1. The van der Waals surface area contributed by atoms with Gasteiger partial charge in [-0.05, 0) is 49.9 Å². The highest BCUT2D eigenvalue weighted by Gasteiger charge is 2.42. The number of amides is 2. The molecule has 4 rings (SSSR count). The van der Waals surface area contributed by atoms with Crippen molar-refractivity contribution in [3.05, 3.63) is 52.2 Å². The van der Waals surface area contributed by atoms with Crippen LogP contribution in [0, 0.1) is 12.8 Å². The van der Waals surface area contributed by atoms with Crippen molar-refractivity contribution in [1.82, 2.24) is 10.6 Å². The normalized spacial score (nSPS) is 25.6. The van der Waals surface area contributed by atoms with Crippen molar-refractivity contribution >= 4 is 28.8 Å². The van der Waals surface area contributed by atoms with Gasteiger partial charge >= 0.3 is 0 Å². The van der Waals surface area contributed by atoms with Crippen LogP contribution in [0.4, 0.5) is 5.69 Å². The van der Waals surface area contributed by atoms with Crippen molar-refractivity contribution in [3.63, 3.8) is 0 Å². The fourth-order valence-electron chi connectivity index (χ4n) is 4.05. The number of aryl methyl sites for hydroxylation is 1. The van der Waals surface area contributed by atoms with Crippen LogP contribution in [-0.4, -0.2) is 30.9 Å². The summed E-state index contributed by atoms with van der Waals surface area (Å²) in [6.07, 6.45) is 1.95. The number of carbonyl (C=O) groups is 2. The van der Waals surface area contributed by atoms with Gasteiger partial charge in [0.1, 0.15) is 0 Å². The van der Waals surface area contributed by atoms with Gasteiger partial charge in [0.15, 0.2) is 0 Å². The summed E-state index contributed by atoms with van der Waals surface area (Å²) < 4.78 is 0. The lowest BCUT2D eigenvalue weighted by Crippen LogP contribution is -2.50. The number of thiophene rings is 1. The van der Waals surface area contributed by atoms with Gasteiger partial charge in [0.05, 0.1) is 12.0 Å². The van der Waals surface area contributed by atoms with Crippen LogP contribution < -0.4 is 15.5 Å². The van der Waals surface area contributed by atoms with E-state index in [-0.39, 0.29) is 29.8 Å². The molecule has 0 radical (unpaired) electrons. The minimum Gasteiger partial charge on any atom is -0.352 e. The standard InChI is InChI=1S/C21H25N3O2S/c1-14-4-6-16(7-5-14)24-19(25)9-8-17(20(24)18-3-2-12-27-18)21(26)23-15-10-11-22-13-15/h2-7,12,15,17,20,22H,8-11,13H2,1H3,(H,23,26). The monoisotopic (exact) mass is 383 g/mol. The van der Waals surface area contributed by atoms with Gasteiger partial charge in [-0.1, -0.05) is 23.8 Å². The van der Waals surface area contributed by atoms with Gasteiger partial charge in [-0.15, -0.1) is 11.3 Å². The molecule has 2 saturated heterocycles. The second kappa shape index (κ2) is 7.82. The van der Waals surface area contributed by atoms with Crippen LogP contribution in [0.25, 0.3) is 0 Å². The summed E-state index contributed by atoms with van der Waals surface area (Å²) in [6.45, 7) is 3.80. The predicted molar refractivity (Wildman–Crippen MR) is 108 cm³/mol. The van der Waals surface area contributed by atoms with E-state index in [0.29, 0.717) is 12.8 Å². The largest absolute Gasteiger partial charge is 0.352 e. The number of hydrogen-bond donors (Lipinski definition) is 2. The SMILES string of the molecule is Cc1ccc(N2C(=O)CCC(C(=O)NC3CCNC3)C2c2cccs2)cc1. The zero-order valence-electron chi connectivity index (χ0n) is 15.5. The molecule has 0 aliphatic carbocycles. The second-order valence-corrected chi connectivity index (χ2v) is 8.38. The van der Waals surface area contributed by atoms with E-state index in [2.05, 4.69) is 10.6 Å². The molecule has 2 aliphatic rings. The van der Waals surface area contributed by atoms with Crippen LogP contribution in [0.5, 0.6) is 0 Å². The summed E-state index contributed by atoms with van der Waals surface area (Å²) in [7, 11) is 0. The fraction of sp³-hybridized carbons (Fsp3) is 0.429. The molecule has 0 saturated carbocycles. The number of rotatable bonds is 4. The number of nitrogens with zero attached hydrogens (tertiary/aromatic N) is 1. The van der Waals surface area contributed by atoms with Gasteiger partial charge in [0, 0.05) is 29.6 Å². The molecule has 3 atom stereocenters. The van der Waals surface area contributed by atoms with Crippen LogP contribution in [0.15, 0.2) is 41.8 Å². The molecule has 2 aromatic rings. The van der Waals surface area contributed by atoms with Crippen LogP contribution in [-0.2, 0) is 9.59 Å². The highest BCUT2D eigenvalue weighted by Crippen LogP contribution is 2.41. The number of piperidine rings is 1. The van der Waals surface area contributed by atoms with Gasteiger partial charge in [0.25, 0.3) is 0 Å². The average molecular weight is 384 g/mol. The minimum absolute atomic E-state index is 0.0618. The number of nitrogens with one attached hydrogen (secondary N) is 2. The fourth-order valence-corrected chi connectivity index (χ4v) is 4.93. The molecule has 142 valence electrons. The Balaban J connectivity index is 1.67. The summed E-state index contributed by atoms with van der Waals surface area (Å²) in [5, 5.41) is 8.50. The third kappa shape index (κ3) is 3.77. The van der Waals surface area contributed by atoms with E-state index in [1.165, 1.54) is 0 Å². The van der Waals surface area contributed by atoms with Crippen LogP contribution >= 0.6 is 11.3 Å². The van der Waals surface area contributed by atoms with Crippen molar-refractivity contribution in [2.75, 3.05) is 18.0 Å². The molecule has 0 bridgehead atoms. The Bertz CT molecular complexity index is 797. The Kier molecular flexibility index (Phi) is 5.27. The quantitative estimate of drug-likeness (QED) is 0.853. The maximum absolute atomic E-state index is 13.1. The maximum Gasteiger partial charge on any atom is 0.227 e. The average Bonchev–Trinajstić information content (AvgIpc) is 3.36. The Morgan fingerprint density at radius 2 is 2.04 bits per heavy atom. The van der Waals surface area contributed by atoms with Gasteiger partial charge in [-0.25, -0.2) is 0 Å². The van der Waals surface area contributed by atoms with Crippen molar-refractivity contribution in [2.45, 2.75) is 38.3 Å². The smallest absolute Gasteiger partial charge is 0.227 e. The highest BCUT2D eigenvalue weighted by molar-refractivity contribution is 7.10. The topological polar surface area (TPSA) is 61.4 Å². The number of benzene rings is 1. The van der Waals surface area contributed by atoms with Gasteiger partial charge in [-0.2, -0.15) is 0 Å². The molecular weight excluding hydrogens is 358 g/mol. The number of hydrogen-bond acceptors (Lipinski definition) is 4. The van der Waals surface area contributed by atoms with E-state index >= 15 is 0 Å². The number of carbonyl (C=O) groups excluding carboxylic acids is 2. The van der Waals surface area contributed by atoms with Gasteiger partial charge in [-0.3, -0.25) is 9.59 Å². The molecule has 2 amide bonds. The van der Waals surface area contributed by atoms with E-state index in [9.17, 15) is 9.59 Å². The molecule has 1 aromatic carbocycles. The minimum atomic E-state index is -0.247. The Labute approximate surface area is 163 Å². The first-order valence-electron chi connectivity index (χ1n) is 9.56. The second-order valence-electron chi connectivity index (χ2n) is 7.40. The third-order valence-electron chi connectivity index (χ3n) is 5.49. The zero-order valence-corrected chi connectivity index (χ0v) is 16.3. The molecule has 6 heteroatoms. The molecule has 1 aromatic heterocycles. The first kappa shape index (κ1) is 18.2. The molecule has 0 spiro atoms. The molecular formula is C21H25N3O2S. The Morgan fingerprint density at radius 1 is 1.22 bits per heavy atom. The highest BCUT2D eigenvalue weighted by atomic mass is 32.1. The van der Waals surface area contributed by atoms with Gasteiger partial charge in [0.2, 0.25) is 11.8 Å². The van der Waals surface area contributed by atoms with Crippen molar-refractivity contribution in [3.8, 4) is 0 Å². The molecule has 3 unspecified atom stereocenters. The lowest BCUT2D eigenvalue weighted by Gasteiger charge is -2.40. The summed E-state index contributed by atoms with van der Waals surface area (Å²) >= 11 is 1.61. The van der Waals surface area contributed by atoms with Crippen LogP contribution in [0.3, 0.4) is 0 Å². The van der Waals surface area contributed by atoms with E-state index in [4.69, 9.17) is 0 Å². The Hall–Kier alpha value is -2.18. The molecule has 2 N–H and O–H groups in total. The molecule has 2 aliphatic heterocycles. The van der Waals surface area contributed by atoms with Crippen LogP contribution in [0.1, 0.15) is 35.7 Å². The number of anilines is 1. The van der Waals surface area contributed by atoms with Crippen molar-refractivity contribution in [1.29, 1.82) is 0 Å². The molecule has 2 fully saturated rings. The van der Waals surface area contributed by atoms with Crippen molar-refractivity contribution in [2.24, 2.45) is 5.92 Å². The van der Waals surface area contributed by atoms with Crippen LogP contribution in [0.2, 0.25) is 0 Å². The van der Waals surface area contributed by atoms with Crippen molar-refractivity contribution < 1.29 is 9.59 Å². The summed E-state index contributed by atoms with van der Waals surface area (Å²) in [5.74, 6) is -0.0844. The van der Waals surface area contributed by atoms with E-state index in [1.807, 2.05) is 53.6 Å². The van der Waals surface area contributed by atoms with E-state index in [1.54, 1.807) is 11.3 Å². The summed E-state index contributed by atoms with van der Waals surface area (Å²) in [4.78, 5) is 28.9. The summed E-state index contributed by atoms with van der Waals surface area (Å²) in [6, 6.07) is 12.0. The molecule has 3 heterocycles.